The molecule has 29 heavy (non-hydrogen) atoms. The van der Waals surface area contributed by atoms with Gasteiger partial charge in [-0.05, 0) is 23.6 Å². The summed E-state index contributed by atoms with van der Waals surface area (Å²) in [4.78, 5) is 38.0. The Hall–Kier alpha value is -3.72. The van der Waals surface area contributed by atoms with Crippen LogP contribution in [0.15, 0.2) is 70.2 Å². The summed E-state index contributed by atoms with van der Waals surface area (Å²) in [6.07, 6.45) is 1.47. The smallest absolute Gasteiger partial charge is 0.296 e. The molecule has 9 heteroatoms. The topological polar surface area (TPSA) is 114 Å². The van der Waals surface area contributed by atoms with Gasteiger partial charge in [0.25, 0.3) is 17.4 Å². The van der Waals surface area contributed by atoms with Gasteiger partial charge in [0.1, 0.15) is 17.6 Å². The predicted octanol–water partition coefficient (Wildman–Crippen LogP) is 3.87. The van der Waals surface area contributed by atoms with E-state index in [2.05, 4.69) is 0 Å². The quantitative estimate of drug-likeness (QED) is 0.225. The molecule has 1 N–H and O–H groups in total. The molecule has 0 bridgehead atoms. The number of likely N-dealkylation sites (tertiary alicyclic amines) is 1. The van der Waals surface area contributed by atoms with Gasteiger partial charge in [0, 0.05) is 22.6 Å². The molecule has 1 aliphatic rings. The van der Waals surface area contributed by atoms with E-state index in [1.807, 2.05) is 0 Å². The third-order valence-electron chi connectivity index (χ3n) is 4.59. The fraction of sp³-hybridized carbons (Fsp3) is 0.100. The Kier molecular flexibility index (Phi) is 4.73. The monoisotopic (exact) mass is 410 g/mol. The number of ketones is 1. The van der Waals surface area contributed by atoms with Crippen molar-refractivity contribution in [2.24, 2.45) is 0 Å². The second-order valence-electron chi connectivity index (χ2n) is 6.33. The number of aliphatic hydroxyl groups excluding tert-OH is 1. The minimum Gasteiger partial charge on any atom is -0.507 e. The number of amides is 1. The zero-order chi connectivity index (χ0) is 20.5. The van der Waals surface area contributed by atoms with E-state index in [9.17, 15) is 24.8 Å². The van der Waals surface area contributed by atoms with Gasteiger partial charge in [0.2, 0.25) is 0 Å². The lowest BCUT2D eigenvalue weighted by molar-refractivity contribution is -0.384. The van der Waals surface area contributed by atoms with Crippen molar-refractivity contribution in [1.29, 1.82) is 0 Å². The number of benzene rings is 1. The van der Waals surface area contributed by atoms with Gasteiger partial charge in [-0.15, -0.1) is 11.3 Å². The van der Waals surface area contributed by atoms with Crippen LogP contribution in [-0.4, -0.2) is 26.6 Å². The SMILES string of the molecule is O=C1C(=O)N(Cc2ccco2)C(c2cccs2)C1=C(O)c1cccc([N+](=O)[O-])c1. The number of rotatable bonds is 5. The van der Waals surface area contributed by atoms with E-state index >= 15 is 0 Å². The summed E-state index contributed by atoms with van der Waals surface area (Å²) in [6.45, 7) is 0.0475. The zero-order valence-corrected chi connectivity index (χ0v) is 15.7. The molecule has 1 atom stereocenters. The highest BCUT2D eigenvalue weighted by Crippen LogP contribution is 2.42. The van der Waals surface area contributed by atoms with E-state index < -0.39 is 28.4 Å². The third kappa shape index (κ3) is 3.32. The number of aliphatic hydroxyl groups is 1. The summed E-state index contributed by atoms with van der Waals surface area (Å²) in [5.74, 6) is -1.58. The molecule has 0 saturated carbocycles. The maximum Gasteiger partial charge on any atom is 0.296 e. The van der Waals surface area contributed by atoms with Crippen LogP contribution in [0.5, 0.6) is 0 Å². The molecule has 1 saturated heterocycles. The first kappa shape index (κ1) is 18.6. The van der Waals surface area contributed by atoms with Gasteiger partial charge >= 0.3 is 0 Å². The lowest BCUT2D eigenvalue weighted by atomic mass is 9.99. The third-order valence-corrected chi connectivity index (χ3v) is 5.51. The van der Waals surface area contributed by atoms with Gasteiger partial charge in [0.15, 0.2) is 0 Å². The van der Waals surface area contributed by atoms with Crippen molar-refractivity contribution in [2.45, 2.75) is 12.6 Å². The van der Waals surface area contributed by atoms with Crippen molar-refractivity contribution in [3.05, 3.63) is 92.1 Å². The summed E-state index contributed by atoms with van der Waals surface area (Å²) in [7, 11) is 0. The Balaban J connectivity index is 1.85. The van der Waals surface area contributed by atoms with E-state index in [1.165, 1.54) is 46.8 Å². The standard InChI is InChI=1S/C20H14N2O6S/c23-18(12-4-1-5-13(10-12)22(26)27)16-17(15-7-3-9-29-15)21(20(25)19(16)24)11-14-6-2-8-28-14/h1-10,17,23H,11H2. The molecule has 0 aliphatic carbocycles. The van der Waals surface area contributed by atoms with Crippen LogP contribution < -0.4 is 0 Å². The van der Waals surface area contributed by atoms with Gasteiger partial charge in [-0.2, -0.15) is 0 Å². The molecule has 8 nitrogen and oxygen atoms in total. The van der Waals surface area contributed by atoms with E-state index in [1.54, 1.807) is 29.6 Å². The largest absolute Gasteiger partial charge is 0.507 e. The lowest BCUT2D eigenvalue weighted by Crippen LogP contribution is -2.28. The van der Waals surface area contributed by atoms with Crippen LogP contribution in [0.2, 0.25) is 0 Å². The first-order valence-electron chi connectivity index (χ1n) is 8.56. The minimum atomic E-state index is -0.848. The van der Waals surface area contributed by atoms with Crippen LogP contribution in [0.25, 0.3) is 5.76 Å². The van der Waals surface area contributed by atoms with Gasteiger partial charge in [-0.25, -0.2) is 0 Å². The van der Waals surface area contributed by atoms with Crippen LogP contribution in [0.3, 0.4) is 0 Å². The number of nitrogens with zero attached hydrogens (tertiary/aromatic N) is 2. The molecule has 146 valence electrons. The molecule has 3 heterocycles. The number of furan rings is 1. The van der Waals surface area contributed by atoms with Crippen molar-refractivity contribution in [3.8, 4) is 0 Å². The lowest BCUT2D eigenvalue weighted by Gasteiger charge is -2.23. The highest BCUT2D eigenvalue weighted by Gasteiger charge is 2.46. The molecule has 1 fully saturated rings. The van der Waals surface area contributed by atoms with Crippen molar-refractivity contribution in [3.63, 3.8) is 0 Å². The second-order valence-corrected chi connectivity index (χ2v) is 7.31. The number of thiophene rings is 1. The molecule has 0 radical (unpaired) electrons. The molecule has 1 aliphatic heterocycles. The first-order valence-corrected chi connectivity index (χ1v) is 9.44. The number of hydrogen-bond donors (Lipinski definition) is 1. The van der Waals surface area contributed by atoms with E-state index in [0.29, 0.717) is 10.6 Å². The van der Waals surface area contributed by atoms with Gasteiger partial charge in [-0.1, -0.05) is 18.2 Å². The van der Waals surface area contributed by atoms with Crippen molar-refractivity contribution in [2.75, 3.05) is 0 Å². The van der Waals surface area contributed by atoms with Crippen LogP contribution in [-0.2, 0) is 16.1 Å². The molecule has 1 unspecified atom stereocenters. The number of nitro benzene ring substituents is 1. The fourth-order valence-electron chi connectivity index (χ4n) is 3.28. The molecule has 1 amide bonds. The average molecular weight is 410 g/mol. The molecule has 3 aromatic rings. The normalized spacial score (nSPS) is 18.3. The van der Waals surface area contributed by atoms with Gasteiger partial charge < -0.3 is 14.4 Å². The number of Topliss-reactive ketones (excluding diaryl/α,β-unsaturated/α-hetero) is 1. The Morgan fingerprint density at radius 1 is 1.21 bits per heavy atom. The number of carbonyl (C=O) groups is 2. The van der Waals surface area contributed by atoms with Crippen LogP contribution in [0, 0.1) is 10.1 Å². The van der Waals surface area contributed by atoms with Crippen LogP contribution in [0.4, 0.5) is 5.69 Å². The maximum absolute atomic E-state index is 12.8. The van der Waals surface area contributed by atoms with E-state index in [-0.39, 0.29) is 23.4 Å². The minimum absolute atomic E-state index is 0.0475. The first-order chi connectivity index (χ1) is 14.0. The van der Waals surface area contributed by atoms with Gasteiger partial charge in [-0.3, -0.25) is 19.7 Å². The van der Waals surface area contributed by atoms with E-state index in [0.717, 1.165) is 0 Å². The fourth-order valence-corrected chi connectivity index (χ4v) is 4.12. The van der Waals surface area contributed by atoms with Gasteiger partial charge in [0.05, 0.1) is 23.3 Å². The summed E-state index contributed by atoms with van der Waals surface area (Å²) in [5, 5.41) is 23.7. The Labute approximate surface area is 168 Å². The summed E-state index contributed by atoms with van der Waals surface area (Å²) >= 11 is 1.33. The van der Waals surface area contributed by atoms with Crippen molar-refractivity contribution < 1.29 is 24.0 Å². The van der Waals surface area contributed by atoms with Crippen LogP contribution in [0.1, 0.15) is 22.2 Å². The maximum atomic E-state index is 12.8. The Morgan fingerprint density at radius 3 is 2.69 bits per heavy atom. The van der Waals surface area contributed by atoms with E-state index in [4.69, 9.17) is 4.42 Å². The molecular weight excluding hydrogens is 396 g/mol. The number of nitro groups is 1. The molecule has 4 rings (SSSR count). The number of non-ortho nitro benzene ring substituents is 1. The highest BCUT2D eigenvalue weighted by atomic mass is 32.1. The molecule has 0 spiro atoms. The second kappa shape index (κ2) is 7.36. The summed E-state index contributed by atoms with van der Waals surface area (Å²) in [6, 6.07) is 11.4. The summed E-state index contributed by atoms with van der Waals surface area (Å²) in [5.41, 5.74) is -0.243. The summed E-state index contributed by atoms with van der Waals surface area (Å²) < 4.78 is 5.31. The van der Waals surface area contributed by atoms with Crippen molar-refractivity contribution in [1.82, 2.24) is 4.90 Å². The average Bonchev–Trinajstić information content (AvgIpc) is 3.46. The zero-order valence-electron chi connectivity index (χ0n) is 14.8. The number of carbonyl (C=O) groups excluding carboxylic acids is 2. The van der Waals surface area contributed by atoms with Crippen LogP contribution >= 0.6 is 11.3 Å². The Bertz CT molecular complexity index is 1120. The highest BCUT2D eigenvalue weighted by molar-refractivity contribution is 7.10. The molecule has 2 aromatic heterocycles. The molecular formula is C20H14N2O6S. The number of hydrogen-bond acceptors (Lipinski definition) is 7. The molecule has 1 aromatic carbocycles. The predicted molar refractivity (Wildman–Crippen MR) is 104 cm³/mol. The van der Waals surface area contributed by atoms with Crippen molar-refractivity contribution >= 4 is 34.5 Å². The Morgan fingerprint density at radius 2 is 2.03 bits per heavy atom.